The zero-order valence-corrected chi connectivity index (χ0v) is 12.6. The summed E-state index contributed by atoms with van der Waals surface area (Å²) in [5.74, 6) is -0.484. The number of aryl methyl sites for hydroxylation is 1. The van der Waals surface area contributed by atoms with E-state index in [1.54, 1.807) is 23.5 Å². The van der Waals surface area contributed by atoms with Gasteiger partial charge in [0.15, 0.2) is 5.58 Å². The van der Waals surface area contributed by atoms with Gasteiger partial charge in [-0.3, -0.25) is 4.98 Å². The van der Waals surface area contributed by atoms with Crippen molar-refractivity contribution in [2.45, 2.75) is 26.3 Å². The Kier molecular flexibility index (Phi) is 3.42. The fraction of sp³-hybridized carbons (Fsp3) is 0.286. The molecule has 0 aliphatic rings. The van der Waals surface area contributed by atoms with Crippen LogP contribution in [0, 0.1) is 0 Å². The lowest BCUT2D eigenvalue weighted by Gasteiger charge is -2.14. The number of aromatic nitrogens is 2. The summed E-state index contributed by atoms with van der Waals surface area (Å²) in [6, 6.07) is 3.45. The molecule has 0 aliphatic carbocycles. The Morgan fingerprint density at radius 1 is 1.52 bits per heavy atom. The molecule has 0 spiro atoms. The van der Waals surface area contributed by atoms with E-state index < -0.39 is 5.76 Å². The standard InChI is InChI=1S/C14H16N4O2S/c1-3-8-6-16-13(21-8)7(2)17-10-5-11-12(4-9(10)15)20-14(19)18-11/h4-7,17H,3,15H2,1-2H3,(H,18,19). The fourth-order valence-electron chi connectivity index (χ4n) is 2.12. The van der Waals surface area contributed by atoms with Crippen molar-refractivity contribution in [2.75, 3.05) is 11.1 Å². The summed E-state index contributed by atoms with van der Waals surface area (Å²) >= 11 is 1.68. The first kappa shape index (κ1) is 13.7. The van der Waals surface area contributed by atoms with Crippen LogP contribution in [0.25, 0.3) is 11.1 Å². The molecule has 6 nitrogen and oxygen atoms in total. The third-order valence-corrected chi connectivity index (χ3v) is 4.58. The Morgan fingerprint density at radius 3 is 3.05 bits per heavy atom. The van der Waals surface area contributed by atoms with Gasteiger partial charge >= 0.3 is 5.76 Å². The number of nitrogen functional groups attached to an aromatic ring is 1. The largest absolute Gasteiger partial charge is 0.417 e. The molecule has 0 aliphatic heterocycles. The van der Waals surface area contributed by atoms with Gasteiger partial charge in [0.2, 0.25) is 0 Å². The average molecular weight is 304 g/mol. The number of nitrogens with zero attached hydrogens (tertiary/aromatic N) is 1. The maximum Gasteiger partial charge on any atom is 0.417 e. The predicted octanol–water partition coefficient (Wildman–Crippen LogP) is 2.90. The average Bonchev–Trinajstić information content (AvgIpc) is 3.04. The summed E-state index contributed by atoms with van der Waals surface area (Å²) in [5.41, 5.74) is 8.36. The first-order valence-electron chi connectivity index (χ1n) is 6.70. The fourth-order valence-corrected chi connectivity index (χ4v) is 2.98. The molecule has 0 saturated carbocycles. The lowest BCUT2D eigenvalue weighted by atomic mass is 10.2. The lowest BCUT2D eigenvalue weighted by molar-refractivity contribution is 0.555. The molecule has 0 bridgehead atoms. The Morgan fingerprint density at radius 2 is 2.33 bits per heavy atom. The molecule has 0 fully saturated rings. The summed E-state index contributed by atoms with van der Waals surface area (Å²) in [5, 5.41) is 4.33. The van der Waals surface area contributed by atoms with Crippen molar-refractivity contribution >= 4 is 33.8 Å². The van der Waals surface area contributed by atoms with Crippen molar-refractivity contribution in [3.63, 3.8) is 0 Å². The van der Waals surface area contributed by atoms with Crippen LogP contribution in [-0.4, -0.2) is 9.97 Å². The first-order valence-corrected chi connectivity index (χ1v) is 7.52. The van der Waals surface area contributed by atoms with Crippen LogP contribution < -0.4 is 16.8 Å². The molecule has 21 heavy (non-hydrogen) atoms. The molecule has 3 rings (SSSR count). The number of fused-ring (bicyclic) bond motifs is 1. The Bertz CT molecular complexity index is 833. The van der Waals surface area contributed by atoms with Crippen molar-refractivity contribution in [2.24, 2.45) is 0 Å². The highest BCUT2D eigenvalue weighted by atomic mass is 32.1. The van der Waals surface area contributed by atoms with Gasteiger partial charge in [0.05, 0.1) is 22.9 Å². The molecule has 0 radical (unpaired) electrons. The molecular formula is C14H16N4O2S. The van der Waals surface area contributed by atoms with E-state index in [1.807, 2.05) is 13.1 Å². The van der Waals surface area contributed by atoms with Crippen LogP contribution in [0.4, 0.5) is 11.4 Å². The van der Waals surface area contributed by atoms with Crippen LogP contribution in [0.2, 0.25) is 0 Å². The van der Waals surface area contributed by atoms with Gasteiger partial charge in [0.25, 0.3) is 0 Å². The van der Waals surface area contributed by atoms with Gasteiger partial charge in [-0.25, -0.2) is 9.78 Å². The van der Waals surface area contributed by atoms with E-state index in [0.29, 0.717) is 16.8 Å². The summed E-state index contributed by atoms with van der Waals surface area (Å²) < 4.78 is 4.98. The van der Waals surface area contributed by atoms with Crippen LogP contribution in [0.15, 0.2) is 27.5 Å². The van der Waals surface area contributed by atoms with Crippen molar-refractivity contribution in [3.05, 3.63) is 38.8 Å². The quantitative estimate of drug-likeness (QED) is 0.644. The maximum absolute atomic E-state index is 11.2. The van der Waals surface area contributed by atoms with Gasteiger partial charge in [0.1, 0.15) is 5.01 Å². The molecule has 1 atom stereocenters. The van der Waals surface area contributed by atoms with Gasteiger partial charge in [-0.15, -0.1) is 11.3 Å². The lowest BCUT2D eigenvalue weighted by Crippen LogP contribution is -2.08. The van der Waals surface area contributed by atoms with E-state index in [0.717, 1.165) is 17.1 Å². The van der Waals surface area contributed by atoms with E-state index >= 15 is 0 Å². The van der Waals surface area contributed by atoms with E-state index in [2.05, 4.69) is 22.2 Å². The van der Waals surface area contributed by atoms with Crippen molar-refractivity contribution < 1.29 is 4.42 Å². The van der Waals surface area contributed by atoms with Gasteiger partial charge in [0, 0.05) is 17.1 Å². The Hall–Kier alpha value is -2.28. The number of aromatic amines is 1. The second-order valence-corrected chi connectivity index (χ2v) is 5.98. The molecule has 0 saturated heterocycles. The summed E-state index contributed by atoms with van der Waals surface area (Å²) in [7, 11) is 0. The topological polar surface area (TPSA) is 96.9 Å². The number of hydrogen-bond donors (Lipinski definition) is 3. The monoisotopic (exact) mass is 304 g/mol. The molecule has 1 aromatic carbocycles. The molecule has 4 N–H and O–H groups in total. The van der Waals surface area contributed by atoms with Crippen LogP contribution in [0.1, 0.15) is 29.8 Å². The van der Waals surface area contributed by atoms with Crippen LogP contribution in [0.3, 0.4) is 0 Å². The smallest absolute Gasteiger partial charge is 0.408 e. The number of H-pyrrole nitrogens is 1. The second kappa shape index (κ2) is 5.25. The number of hydrogen-bond acceptors (Lipinski definition) is 6. The highest BCUT2D eigenvalue weighted by Gasteiger charge is 2.13. The minimum Gasteiger partial charge on any atom is -0.408 e. The zero-order chi connectivity index (χ0) is 15.0. The first-order chi connectivity index (χ1) is 10.1. The number of nitrogens with two attached hydrogens (primary N) is 1. The van der Waals surface area contributed by atoms with E-state index in [9.17, 15) is 4.79 Å². The normalized spacial score (nSPS) is 12.7. The molecule has 1 unspecified atom stereocenters. The van der Waals surface area contributed by atoms with Gasteiger partial charge < -0.3 is 15.5 Å². The number of anilines is 2. The number of oxazole rings is 1. The van der Waals surface area contributed by atoms with Crippen molar-refractivity contribution in [3.8, 4) is 0 Å². The molecule has 7 heteroatoms. The van der Waals surface area contributed by atoms with E-state index in [1.165, 1.54) is 4.88 Å². The van der Waals surface area contributed by atoms with Crippen LogP contribution in [-0.2, 0) is 6.42 Å². The molecule has 2 aromatic heterocycles. The molecule has 3 aromatic rings. The maximum atomic E-state index is 11.2. The third kappa shape index (κ3) is 2.64. The van der Waals surface area contributed by atoms with Gasteiger partial charge in [-0.1, -0.05) is 6.92 Å². The van der Waals surface area contributed by atoms with Crippen LogP contribution in [0.5, 0.6) is 0 Å². The minimum absolute atomic E-state index is 0.0358. The van der Waals surface area contributed by atoms with Crippen molar-refractivity contribution in [1.29, 1.82) is 0 Å². The summed E-state index contributed by atoms with van der Waals surface area (Å²) in [6.45, 7) is 4.14. The SMILES string of the molecule is CCc1cnc(C(C)Nc2cc3[nH]c(=O)oc3cc2N)s1. The Labute approximate surface area is 125 Å². The summed E-state index contributed by atoms with van der Waals surface area (Å²) in [4.78, 5) is 19.5. The van der Waals surface area contributed by atoms with Crippen molar-refractivity contribution in [1.82, 2.24) is 9.97 Å². The van der Waals surface area contributed by atoms with E-state index in [4.69, 9.17) is 10.2 Å². The highest BCUT2D eigenvalue weighted by molar-refractivity contribution is 7.11. The number of benzene rings is 1. The molecule has 110 valence electrons. The van der Waals surface area contributed by atoms with Gasteiger partial charge in [-0.05, 0) is 19.4 Å². The van der Waals surface area contributed by atoms with Crippen LogP contribution >= 0.6 is 11.3 Å². The molecular weight excluding hydrogens is 288 g/mol. The predicted molar refractivity (Wildman–Crippen MR) is 84.8 cm³/mol. The number of nitrogens with one attached hydrogen (secondary N) is 2. The Balaban J connectivity index is 1.89. The third-order valence-electron chi connectivity index (χ3n) is 3.25. The zero-order valence-electron chi connectivity index (χ0n) is 11.8. The second-order valence-electron chi connectivity index (χ2n) is 4.83. The number of rotatable bonds is 4. The molecule has 0 amide bonds. The highest BCUT2D eigenvalue weighted by Crippen LogP contribution is 2.29. The minimum atomic E-state index is -0.484. The van der Waals surface area contributed by atoms with Gasteiger partial charge in [-0.2, -0.15) is 0 Å². The van der Waals surface area contributed by atoms with E-state index in [-0.39, 0.29) is 6.04 Å². The number of thiazole rings is 1. The summed E-state index contributed by atoms with van der Waals surface area (Å²) in [6.07, 6.45) is 2.88. The molecule has 2 heterocycles.